The van der Waals surface area contributed by atoms with Crippen molar-refractivity contribution in [1.82, 2.24) is 14.7 Å². The smallest absolute Gasteiger partial charge is 0.410 e. The number of nitrogens with zero attached hydrogens (tertiary/aromatic N) is 3. The molecular weight excluding hydrogens is 366 g/mol. The molecule has 8 heteroatoms. The van der Waals surface area contributed by atoms with Crippen molar-refractivity contribution in [3.05, 3.63) is 0 Å². The summed E-state index contributed by atoms with van der Waals surface area (Å²) < 4.78 is 5.42. The summed E-state index contributed by atoms with van der Waals surface area (Å²) in [6.07, 6.45) is 1.26. The van der Waals surface area contributed by atoms with Gasteiger partial charge in [-0.3, -0.25) is 14.5 Å². The SMILES string of the molecule is CC(=O)SCC1CC(=O)N(CCCN2CCN(C(=O)OC(C)(C)C)CC2)C1. The van der Waals surface area contributed by atoms with E-state index in [1.165, 1.54) is 11.8 Å². The van der Waals surface area contributed by atoms with E-state index in [0.717, 1.165) is 44.9 Å². The molecule has 2 aliphatic heterocycles. The third kappa shape index (κ3) is 7.70. The van der Waals surface area contributed by atoms with Crippen molar-refractivity contribution < 1.29 is 19.1 Å². The first kappa shape index (κ1) is 22.0. The molecule has 2 rings (SSSR count). The minimum absolute atomic E-state index is 0.117. The van der Waals surface area contributed by atoms with Crippen LogP contribution in [0.4, 0.5) is 4.79 Å². The van der Waals surface area contributed by atoms with Gasteiger partial charge in [0.1, 0.15) is 5.60 Å². The molecule has 2 heterocycles. The molecule has 0 bridgehead atoms. The van der Waals surface area contributed by atoms with Gasteiger partial charge in [0.25, 0.3) is 0 Å². The van der Waals surface area contributed by atoms with Gasteiger partial charge in [0.05, 0.1) is 0 Å². The zero-order valence-electron chi connectivity index (χ0n) is 17.0. The summed E-state index contributed by atoms with van der Waals surface area (Å²) in [7, 11) is 0. The Bertz CT molecular complexity index is 542. The third-order valence-corrected chi connectivity index (χ3v) is 5.79. The molecule has 0 aromatic heterocycles. The van der Waals surface area contributed by atoms with Crippen LogP contribution in [0.1, 0.15) is 40.5 Å². The minimum Gasteiger partial charge on any atom is -0.444 e. The molecule has 2 saturated heterocycles. The molecule has 154 valence electrons. The van der Waals surface area contributed by atoms with Crippen LogP contribution < -0.4 is 0 Å². The third-order valence-electron chi connectivity index (χ3n) is 4.74. The van der Waals surface area contributed by atoms with Gasteiger partial charge in [0.15, 0.2) is 5.12 Å². The molecule has 0 aliphatic carbocycles. The lowest BCUT2D eigenvalue weighted by Crippen LogP contribution is -2.50. The number of piperazine rings is 1. The maximum atomic E-state index is 12.1. The summed E-state index contributed by atoms with van der Waals surface area (Å²) in [5, 5.41) is 0.117. The van der Waals surface area contributed by atoms with E-state index >= 15 is 0 Å². The zero-order valence-corrected chi connectivity index (χ0v) is 17.8. The lowest BCUT2D eigenvalue weighted by atomic mass is 10.1. The number of rotatable bonds is 6. The first-order valence-electron chi connectivity index (χ1n) is 9.75. The summed E-state index contributed by atoms with van der Waals surface area (Å²) >= 11 is 1.32. The van der Waals surface area contributed by atoms with Crippen LogP contribution in [0.3, 0.4) is 0 Å². The van der Waals surface area contributed by atoms with E-state index in [-0.39, 0.29) is 17.1 Å². The first-order valence-corrected chi connectivity index (χ1v) is 10.7. The molecule has 0 radical (unpaired) electrons. The lowest BCUT2D eigenvalue weighted by molar-refractivity contribution is -0.127. The van der Waals surface area contributed by atoms with Crippen LogP contribution in [-0.4, -0.2) is 89.0 Å². The Morgan fingerprint density at radius 2 is 1.81 bits per heavy atom. The second-order valence-corrected chi connectivity index (χ2v) is 9.57. The van der Waals surface area contributed by atoms with Gasteiger partial charge < -0.3 is 14.5 Å². The maximum absolute atomic E-state index is 12.1. The molecule has 0 aromatic rings. The normalized spacial score (nSPS) is 21.6. The van der Waals surface area contributed by atoms with Gasteiger partial charge in [-0.1, -0.05) is 11.8 Å². The van der Waals surface area contributed by atoms with Crippen LogP contribution in [0.15, 0.2) is 0 Å². The van der Waals surface area contributed by atoms with Gasteiger partial charge in [0.2, 0.25) is 5.91 Å². The highest BCUT2D eigenvalue weighted by Crippen LogP contribution is 2.22. The maximum Gasteiger partial charge on any atom is 0.410 e. The van der Waals surface area contributed by atoms with E-state index < -0.39 is 5.60 Å². The summed E-state index contributed by atoms with van der Waals surface area (Å²) in [6.45, 7) is 12.7. The Kier molecular flexibility index (Phi) is 7.97. The fourth-order valence-electron chi connectivity index (χ4n) is 3.38. The monoisotopic (exact) mass is 399 g/mol. The Labute approximate surface area is 166 Å². The Hall–Kier alpha value is -1.28. The largest absolute Gasteiger partial charge is 0.444 e. The molecule has 0 spiro atoms. The van der Waals surface area contributed by atoms with Gasteiger partial charge >= 0.3 is 6.09 Å². The number of hydrogen-bond acceptors (Lipinski definition) is 6. The molecule has 0 N–H and O–H groups in total. The van der Waals surface area contributed by atoms with Crippen molar-refractivity contribution in [3.63, 3.8) is 0 Å². The zero-order chi connectivity index (χ0) is 20.0. The van der Waals surface area contributed by atoms with Crippen molar-refractivity contribution in [1.29, 1.82) is 0 Å². The predicted molar refractivity (Wildman–Crippen MR) is 107 cm³/mol. The standard InChI is InChI=1S/C19H33N3O4S/c1-15(23)27-14-16-12-17(24)22(13-16)7-5-6-20-8-10-21(11-9-20)18(25)26-19(2,3)4/h16H,5-14H2,1-4H3. The molecular formula is C19H33N3O4S. The van der Waals surface area contributed by atoms with Crippen molar-refractivity contribution in [2.24, 2.45) is 5.92 Å². The van der Waals surface area contributed by atoms with Crippen molar-refractivity contribution in [3.8, 4) is 0 Å². The fraction of sp³-hybridized carbons (Fsp3) is 0.842. The van der Waals surface area contributed by atoms with E-state index in [1.54, 1.807) is 11.8 Å². The highest BCUT2D eigenvalue weighted by molar-refractivity contribution is 8.13. The lowest BCUT2D eigenvalue weighted by Gasteiger charge is -2.35. The molecule has 7 nitrogen and oxygen atoms in total. The highest BCUT2D eigenvalue weighted by atomic mass is 32.2. The molecule has 1 unspecified atom stereocenters. The van der Waals surface area contributed by atoms with E-state index in [2.05, 4.69) is 4.90 Å². The number of carbonyl (C=O) groups excluding carboxylic acids is 3. The summed E-state index contributed by atoms with van der Waals surface area (Å²) in [5.41, 5.74) is -0.461. The minimum atomic E-state index is -0.461. The van der Waals surface area contributed by atoms with Crippen LogP contribution in [-0.2, 0) is 14.3 Å². The van der Waals surface area contributed by atoms with Crippen molar-refractivity contribution >= 4 is 28.9 Å². The summed E-state index contributed by atoms with van der Waals surface area (Å²) in [4.78, 5) is 41.3. The second kappa shape index (κ2) is 9.78. The molecule has 2 fully saturated rings. The predicted octanol–water partition coefficient (Wildman–Crippen LogP) is 2.06. The quantitative estimate of drug-likeness (QED) is 0.681. The van der Waals surface area contributed by atoms with E-state index in [9.17, 15) is 14.4 Å². The molecule has 2 aliphatic rings. The molecule has 1 atom stereocenters. The number of hydrogen-bond donors (Lipinski definition) is 0. The van der Waals surface area contributed by atoms with Crippen molar-refractivity contribution in [2.45, 2.75) is 46.1 Å². The van der Waals surface area contributed by atoms with Gasteiger partial charge in [-0.2, -0.15) is 0 Å². The molecule has 0 saturated carbocycles. The Morgan fingerprint density at radius 3 is 2.41 bits per heavy atom. The van der Waals surface area contributed by atoms with Crippen LogP contribution >= 0.6 is 11.8 Å². The topological polar surface area (TPSA) is 70.2 Å². The number of amides is 2. The first-order chi connectivity index (χ1) is 12.6. The van der Waals surface area contributed by atoms with Crippen LogP contribution in [0.25, 0.3) is 0 Å². The number of carbonyl (C=O) groups is 3. The number of ether oxygens (including phenoxy) is 1. The number of thioether (sulfide) groups is 1. The second-order valence-electron chi connectivity index (χ2n) is 8.38. The summed E-state index contributed by atoms with van der Waals surface area (Å²) in [5.74, 6) is 1.24. The van der Waals surface area contributed by atoms with E-state index in [0.29, 0.717) is 25.4 Å². The van der Waals surface area contributed by atoms with E-state index in [4.69, 9.17) is 4.74 Å². The Balaban J connectivity index is 1.62. The number of likely N-dealkylation sites (tertiary alicyclic amines) is 1. The van der Waals surface area contributed by atoms with E-state index in [1.807, 2.05) is 25.7 Å². The molecule has 27 heavy (non-hydrogen) atoms. The van der Waals surface area contributed by atoms with Crippen LogP contribution in [0.5, 0.6) is 0 Å². The van der Waals surface area contributed by atoms with Gasteiger partial charge in [0, 0.05) is 58.4 Å². The van der Waals surface area contributed by atoms with Gasteiger partial charge in [-0.15, -0.1) is 0 Å². The van der Waals surface area contributed by atoms with Crippen LogP contribution in [0, 0.1) is 5.92 Å². The highest BCUT2D eigenvalue weighted by Gasteiger charge is 2.30. The Morgan fingerprint density at radius 1 is 1.15 bits per heavy atom. The van der Waals surface area contributed by atoms with Crippen LogP contribution in [0.2, 0.25) is 0 Å². The average molecular weight is 400 g/mol. The molecule has 0 aromatic carbocycles. The average Bonchev–Trinajstić information content (AvgIpc) is 2.92. The van der Waals surface area contributed by atoms with Gasteiger partial charge in [-0.25, -0.2) is 4.79 Å². The van der Waals surface area contributed by atoms with Gasteiger partial charge in [-0.05, 0) is 39.7 Å². The summed E-state index contributed by atoms with van der Waals surface area (Å²) in [6, 6.07) is 0. The van der Waals surface area contributed by atoms with Crippen molar-refractivity contribution in [2.75, 3.05) is 51.6 Å². The molecule has 2 amide bonds. The fourth-order valence-corrected chi connectivity index (χ4v) is 4.08.